The van der Waals surface area contributed by atoms with E-state index in [2.05, 4.69) is 48.3 Å². The van der Waals surface area contributed by atoms with Crippen molar-refractivity contribution in [3.05, 3.63) is 82.9 Å². The molecule has 2 nitrogen and oxygen atoms in total. The molecule has 2 aliphatic rings. The lowest BCUT2D eigenvalue weighted by atomic mass is 10.0. The molecule has 126 valence electrons. The molecular formula is C23H22O2. The third-order valence-electron chi connectivity index (χ3n) is 5.12. The number of rotatable bonds is 4. The summed E-state index contributed by atoms with van der Waals surface area (Å²) in [6.45, 7) is 0.744. The van der Waals surface area contributed by atoms with Crippen LogP contribution < -0.4 is 0 Å². The number of fused-ring (bicyclic) bond motifs is 2. The molecule has 0 heterocycles. The van der Waals surface area contributed by atoms with Gasteiger partial charge in [0.25, 0.3) is 0 Å². The predicted molar refractivity (Wildman–Crippen MR) is 98.7 cm³/mol. The Balaban J connectivity index is 1.34. The Morgan fingerprint density at radius 3 is 2.00 bits per heavy atom. The maximum absolute atomic E-state index is 9.06. The van der Waals surface area contributed by atoms with E-state index in [0.717, 1.165) is 22.6 Å². The highest BCUT2D eigenvalue weighted by Crippen LogP contribution is 2.40. The standard InChI is InChI=1S/C23H22O2/c24-15-19-7-3-17(4-8-19)1-2-18-5-9-20(10-6-18)16-25-23-14-21-11-12-22(23)13-21/h3-12,21-24H,13-16H2/t21-,22+,23+/m0/s1. The molecule has 2 aromatic carbocycles. The fraction of sp³-hybridized carbons (Fsp3) is 0.304. The van der Waals surface area contributed by atoms with Gasteiger partial charge in [-0.1, -0.05) is 48.3 Å². The van der Waals surface area contributed by atoms with Crippen molar-refractivity contribution in [2.24, 2.45) is 11.8 Å². The largest absolute Gasteiger partial charge is 0.392 e. The third kappa shape index (κ3) is 3.85. The van der Waals surface area contributed by atoms with E-state index in [9.17, 15) is 0 Å². The van der Waals surface area contributed by atoms with E-state index < -0.39 is 0 Å². The van der Waals surface area contributed by atoms with Crippen LogP contribution in [-0.4, -0.2) is 11.2 Å². The van der Waals surface area contributed by atoms with E-state index >= 15 is 0 Å². The summed E-state index contributed by atoms with van der Waals surface area (Å²) < 4.78 is 6.11. The molecule has 4 rings (SSSR count). The van der Waals surface area contributed by atoms with Crippen molar-refractivity contribution >= 4 is 0 Å². The van der Waals surface area contributed by atoms with Crippen LogP contribution in [0, 0.1) is 23.7 Å². The molecule has 2 heteroatoms. The van der Waals surface area contributed by atoms with Crippen LogP contribution in [0.25, 0.3) is 0 Å². The minimum absolute atomic E-state index is 0.0653. The van der Waals surface area contributed by atoms with E-state index in [-0.39, 0.29) is 6.61 Å². The zero-order valence-electron chi connectivity index (χ0n) is 14.2. The summed E-state index contributed by atoms with van der Waals surface area (Å²) in [5.74, 6) is 7.72. The summed E-state index contributed by atoms with van der Waals surface area (Å²) in [6.07, 6.45) is 7.52. The van der Waals surface area contributed by atoms with E-state index in [0.29, 0.717) is 18.6 Å². The van der Waals surface area contributed by atoms with Crippen LogP contribution in [0.3, 0.4) is 0 Å². The lowest BCUT2D eigenvalue weighted by Gasteiger charge is -2.18. The first-order valence-corrected chi connectivity index (χ1v) is 8.91. The fourth-order valence-electron chi connectivity index (χ4n) is 3.65. The monoisotopic (exact) mass is 330 g/mol. The maximum atomic E-state index is 9.06. The zero-order chi connectivity index (χ0) is 17.1. The van der Waals surface area contributed by atoms with Gasteiger partial charge in [0.1, 0.15) is 0 Å². The van der Waals surface area contributed by atoms with Crippen molar-refractivity contribution in [2.45, 2.75) is 32.2 Å². The van der Waals surface area contributed by atoms with Gasteiger partial charge in [-0.25, -0.2) is 0 Å². The highest BCUT2D eigenvalue weighted by Gasteiger charge is 2.36. The van der Waals surface area contributed by atoms with Gasteiger partial charge in [0.2, 0.25) is 0 Å². The molecular weight excluding hydrogens is 308 g/mol. The summed E-state index contributed by atoms with van der Waals surface area (Å²) in [7, 11) is 0. The highest BCUT2D eigenvalue weighted by atomic mass is 16.5. The molecule has 2 aromatic rings. The van der Waals surface area contributed by atoms with E-state index in [1.165, 1.54) is 18.4 Å². The molecule has 25 heavy (non-hydrogen) atoms. The number of allylic oxidation sites excluding steroid dienone is 1. The average Bonchev–Trinajstić information content (AvgIpc) is 3.29. The van der Waals surface area contributed by atoms with Gasteiger partial charge >= 0.3 is 0 Å². The minimum Gasteiger partial charge on any atom is -0.392 e. The zero-order valence-corrected chi connectivity index (χ0v) is 14.2. The molecule has 0 unspecified atom stereocenters. The van der Waals surface area contributed by atoms with Gasteiger partial charge in [-0.2, -0.15) is 0 Å². The Kier molecular flexibility index (Phi) is 4.70. The van der Waals surface area contributed by atoms with Crippen molar-refractivity contribution in [3.63, 3.8) is 0 Å². The molecule has 3 atom stereocenters. The minimum atomic E-state index is 0.0653. The number of aliphatic hydroxyl groups excluding tert-OH is 1. The molecule has 0 amide bonds. The summed E-state index contributed by atoms with van der Waals surface area (Å²) in [5, 5.41) is 9.06. The molecule has 0 aliphatic heterocycles. The second-order valence-corrected chi connectivity index (χ2v) is 6.93. The molecule has 2 bridgehead atoms. The predicted octanol–water partition coefficient (Wildman–Crippen LogP) is 4.06. The second kappa shape index (κ2) is 7.27. The molecule has 0 aromatic heterocycles. The normalized spacial score (nSPS) is 23.5. The molecule has 1 fully saturated rings. The van der Waals surface area contributed by atoms with Crippen LogP contribution in [0.15, 0.2) is 60.7 Å². The van der Waals surface area contributed by atoms with Crippen molar-refractivity contribution in [2.75, 3.05) is 0 Å². The van der Waals surface area contributed by atoms with Gasteiger partial charge in [0, 0.05) is 17.0 Å². The van der Waals surface area contributed by atoms with Gasteiger partial charge in [-0.05, 0) is 54.2 Å². The first-order chi connectivity index (χ1) is 12.3. The fourth-order valence-corrected chi connectivity index (χ4v) is 3.65. The average molecular weight is 330 g/mol. The van der Waals surface area contributed by atoms with Crippen LogP contribution in [0.1, 0.15) is 35.1 Å². The van der Waals surface area contributed by atoms with Crippen LogP contribution in [0.4, 0.5) is 0 Å². The SMILES string of the molecule is OCc1ccc(C#Cc2ccc(CO[C@@H]3C[C@H]4C=C[C@@H]3C4)cc2)cc1. The van der Waals surface area contributed by atoms with Gasteiger partial charge in [-0.3, -0.25) is 0 Å². The van der Waals surface area contributed by atoms with Crippen molar-refractivity contribution < 1.29 is 9.84 Å². The number of hydrogen-bond donors (Lipinski definition) is 1. The lowest BCUT2D eigenvalue weighted by molar-refractivity contribution is 0.0245. The van der Waals surface area contributed by atoms with Crippen LogP contribution in [0.5, 0.6) is 0 Å². The van der Waals surface area contributed by atoms with Crippen molar-refractivity contribution in [1.29, 1.82) is 0 Å². The Labute approximate surface area is 149 Å². The van der Waals surface area contributed by atoms with E-state index in [4.69, 9.17) is 9.84 Å². The maximum Gasteiger partial charge on any atom is 0.0720 e. The quantitative estimate of drug-likeness (QED) is 0.677. The third-order valence-corrected chi connectivity index (χ3v) is 5.12. The molecule has 0 saturated heterocycles. The Hall–Kier alpha value is -2.34. The number of hydrogen-bond acceptors (Lipinski definition) is 2. The first kappa shape index (κ1) is 16.1. The van der Waals surface area contributed by atoms with Crippen LogP contribution in [0.2, 0.25) is 0 Å². The number of ether oxygens (including phenoxy) is 1. The van der Waals surface area contributed by atoms with Gasteiger partial charge in [0.15, 0.2) is 0 Å². The summed E-state index contributed by atoms with van der Waals surface area (Å²) in [4.78, 5) is 0. The number of aliphatic hydroxyl groups is 1. The van der Waals surface area contributed by atoms with Crippen molar-refractivity contribution in [3.8, 4) is 11.8 Å². The van der Waals surface area contributed by atoms with Gasteiger partial charge < -0.3 is 9.84 Å². The Bertz CT molecular complexity index is 806. The van der Waals surface area contributed by atoms with Crippen LogP contribution in [-0.2, 0) is 18.0 Å². The molecule has 2 aliphatic carbocycles. The topological polar surface area (TPSA) is 29.5 Å². The molecule has 0 radical (unpaired) electrons. The number of benzene rings is 2. The Morgan fingerprint density at radius 1 is 0.840 bits per heavy atom. The van der Waals surface area contributed by atoms with Crippen LogP contribution >= 0.6 is 0 Å². The van der Waals surface area contributed by atoms with Crippen molar-refractivity contribution in [1.82, 2.24) is 0 Å². The molecule has 0 spiro atoms. The van der Waals surface area contributed by atoms with E-state index in [1.807, 2.05) is 24.3 Å². The second-order valence-electron chi connectivity index (χ2n) is 6.93. The lowest BCUT2D eigenvalue weighted by Crippen LogP contribution is -2.17. The van der Waals surface area contributed by atoms with E-state index in [1.54, 1.807) is 0 Å². The Morgan fingerprint density at radius 2 is 1.48 bits per heavy atom. The highest BCUT2D eigenvalue weighted by molar-refractivity contribution is 5.44. The summed E-state index contributed by atoms with van der Waals surface area (Å²) in [5.41, 5.74) is 4.05. The molecule has 1 N–H and O–H groups in total. The summed E-state index contributed by atoms with van der Waals surface area (Å²) >= 11 is 0. The smallest absolute Gasteiger partial charge is 0.0720 e. The van der Waals surface area contributed by atoms with Gasteiger partial charge in [0.05, 0.1) is 19.3 Å². The summed E-state index contributed by atoms with van der Waals surface area (Å²) in [6, 6.07) is 16.0. The van der Waals surface area contributed by atoms with Gasteiger partial charge in [-0.15, -0.1) is 0 Å². The first-order valence-electron chi connectivity index (χ1n) is 8.91. The molecule has 1 saturated carbocycles.